The van der Waals surface area contributed by atoms with E-state index in [1.165, 1.54) is 0 Å². The molecule has 2 aromatic heterocycles. The van der Waals surface area contributed by atoms with Crippen molar-refractivity contribution in [1.82, 2.24) is 14.8 Å². The van der Waals surface area contributed by atoms with Crippen LogP contribution in [-0.2, 0) is 6.54 Å². The molecule has 0 unspecified atom stereocenters. The third kappa shape index (κ3) is 2.79. The van der Waals surface area contributed by atoms with E-state index < -0.39 is 0 Å². The highest BCUT2D eigenvalue weighted by molar-refractivity contribution is 6.37. The van der Waals surface area contributed by atoms with Crippen molar-refractivity contribution >= 4 is 57.4 Å². The fraction of sp³-hybridized carbons (Fsp3) is 0.200. The van der Waals surface area contributed by atoms with Crippen molar-refractivity contribution in [2.45, 2.75) is 13.5 Å². The summed E-state index contributed by atoms with van der Waals surface area (Å²) in [6, 6.07) is 7.11. The standard InChI is InChI=1S/C15H11Cl4N3/c1-8-6-12(19)13-14(20-8)15(22(21-13)5-4-16)10-3-2-9(17)7-11(10)18/h2-3,6-7H,4-5H2,1H3. The van der Waals surface area contributed by atoms with Crippen LogP contribution in [-0.4, -0.2) is 20.6 Å². The monoisotopic (exact) mass is 373 g/mol. The van der Waals surface area contributed by atoms with Crippen molar-refractivity contribution in [3.8, 4) is 11.3 Å². The molecule has 0 atom stereocenters. The minimum Gasteiger partial charge on any atom is -0.261 e. The fourth-order valence-electron chi connectivity index (χ4n) is 2.37. The molecule has 0 fully saturated rings. The molecule has 114 valence electrons. The van der Waals surface area contributed by atoms with Gasteiger partial charge in [0.05, 0.1) is 22.3 Å². The highest BCUT2D eigenvalue weighted by atomic mass is 35.5. The second kappa shape index (κ2) is 6.25. The summed E-state index contributed by atoms with van der Waals surface area (Å²) in [5.41, 5.74) is 3.75. The van der Waals surface area contributed by atoms with Gasteiger partial charge in [0.25, 0.3) is 0 Å². The molecule has 3 rings (SSSR count). The molecule has 3 aromatic rings. The molecule has 1 aromatic carbocycles. The zero-order valence-corrected chi connectivity index (χ0v) is 14.6. The van der Waals surface area contributed by atoms with E-state index in [0.717, 1.165) is 17.0 Å². The Morgan fingerprint density at radius 2 is 1.82 bits per heavy atom. The molecule has 0 aliphatic carbocycles. The molecule has 0 N–H and O–H groups in total. The minimum absolute atomic E-state index is 0.419. The van der Waals surface area contributed by atoms with Crippen LogP contribution >= 0.6 is 46.4 Å². The van der Waals surface area contributed by atoms with Crippen LogP contribution in [0.4, 0.5) is 0 Å². The van der Waals surface area contributed by atoms with Gasteiger partial charge in [0, 0.05) is 22.2 Å². The molecule has 0 bridgehead atoms. The maximum atomic E-state index is 6.35. The maximum Gasteiger partial charge on any atom is 0.130 e. The van der Waals surface area contributed by atoms with E-state index >= 15 is 0 Å². The van der Waals surface area contributed by atoms with E-state index in [0.29, 0.717) is 38.5 Å². The maximum absolute atomic E-state index is 6.35. The number of hydrogen-bond donors (Lipinski definition) is 0. The topological polar surface area (TPSA) is 30.7 Å². The average molecular weight is 375 g/mol. The zero-order valence-electron chi connectivity index (χ0n) is 11.6. The van der Waals surface area contributed by atoms with E-state index in [9.17, 15) is 0 Å². The summed E-state index contributed by atoms with van der Waals surface area (Å²) in [6.45, 7) is 2.42. The third-order valence-electron chi connectivity index (χ3n) is 3.26. The lowest BCUT2D eigenvalue weighted by molar-refractivity contribution is 0.679. The van der Waals surface area contributed by atoms with Gasteiger partial charge in [0.15, 0.2) is 0 Å². The Morgan fingerprint density at radius 1 is 1.05 bits per heavy atom. The first-order valence-electron chi connectivity index (χ1n) is 6.56. The van der Waals surface area contributed by atoms with Crippen molar-refractivity contribution in [2.75, 3.05) is 5.88 Å². The molecular formula is C15H11Cl4N3. The van der Waals surface area contributed by atoms with Crippen LogP contribution in [0.3, 0.4) is 0 Å². The highest BCUT2D eigenvalue weighted by Gasteiger charge is 2.19. The van der Waals surface area contributed by atoms with Crippen molar-refractivity contribution in [1.29, 1.82) is 0 Å². The van der Waals surface area contributed by atoms with Crippen molar-refractivity contribution in [3.05, 3.63) is 45.0 Å². The lowest BCUT2D eigenvalue weighted by Gasteiger charge is -2.08. The molecule has 0 spiro atoms. The second-order valence-corrected chi connectivity index (χ2v) is 6.46. The van der Waals surface area contributed by atoms with E-state index in [2.05, 4.69) is 10.1 Å². The van der Waals surface area contributed by atoms with Gasteiger partial charge in [0.1, 0.15) is 11.0 Å². The van der Waals surface area contributed by atoms with Crippen LogP contribution in [0.2, 0.25) is 15.1 Å². The smallest absolute Gasteiger partial charge is 0.130 e. The molecule has 3 nitrogen and oxygen atoms in total. The van der Waals surface area contributed by atoms with E-state index in [1.54, 1.807) is 22.9 Å². The predicted molar refractivity (Wildman–Crippen MR) is 93.5 cm³/mol. The number of fused-ring (bicyclic) bond motifs is 1. The number of aromatic nitrogens is 3. The summed E-state index contributed by atoms with van der Waals surface area (Å²) in [6.07, 6.45) is 0. The molecule has 0 aliphatic rings. The van der Waals surface area contributed by atoms with Crippen LogP contribution in [0.5, 0.6) is 0 Å². The molecule has 0 aliphatic heterocycles. The number of benzene rings is 1. The van der Waals surface area contributed by atoms with Gasteiger partial charge in [-0.05, 0) is 31.2 Å². The largest absolute Gasteiger partial charge is 0.261 e. The number of alkyl halides is 1. The number of rotatable bonds is 3. The zero-order chi connectivity index (χ0) is 15.9. The number of nitrogens with zero attached hydrogens (tertiary/aromatic N) is 3. The van der Waals surface area contributed by atoms with Crippen molar-refractivity contribution in [3.63, 3.8) is 0 Å². The van der Waals surface area contributed by atoms with E-state index in [4.69, 9.17) is 46.4 Å². The first-order valence-corrected chi connectivity index (χ1v) is 8.23. The Morgan fingerprint density at radius 3 is 2.50 bits per heavy atom. The molecule has 7 heteroatoms. The Balaban J connectivity index is 2.37. The van der Waals surface area contributed by atoms with Gasteiger partial charge < -0.3 is 0 Å². The van der Waals surface area contributed by atoms with Gasteiger partial charge in [-0.2, -0.15) is 5.10 Å². The number of aryl methyl sites for hydroxylation is 2. The Kier molecular flexibility index (Phi) is 4.51. The number of halogens is 4. The Bertz CT molecular complexity index is 858. The molecule has 0 radical (unpaired) electrons. The Labute approximate surface area is 147 Å². The summed E-state index contributed by atoms with van der Waals surface area (Å²) in [5.74, 6) is 0.419. The normalized spacial score (nSPS) is 11.3. The van der Waals surface area contributed by atoms with Crippen LogP contribution in [0.25, 0.3) is 22.3 Å². The fourth-order valence-corrected chi connectivity index (χ4v) is 3.31. The van der Waals surface area contributed by atoms with Gasteiger partial charge in [0.2, 0.25) is 0 Å². The summed E-state index contributed by atoms with van der Waals surface area (Å²) in [4.78, 5) is 4.58. The second-order valence-electron chi connectivity index (χ2n) is 4.83. The molecule has 2 heterocycles. The van der Waals surface area contributed by atoms with Gasteiger partial charge in [-0.25, -0.2) is 4.98 Å². The summed E-state index contributed by atoms with van der Waals surface area (Å²) < 4.78 is 1.78. The van der Waals surface area contributed by atoms with Crippen molar-refractivity contribution in [2.24, 2.45) is 0 Å². The van der Waals surface area contributed by atoms with Crippen LogP contribution in [0, 0.1) is 6.92 Å². The van der Waals surface area contributed by atoms with Gasteiger partial charge in [-0.1, -0.05) is 34.8 Å². The molecular weight excluding hydrogens is 364 g/mol. The number of pyridine rings is 1. The highest BCUT2D eigenvalue weighted by Crippen LogP contribution is 2.36. The van der Waals surface area contributed by atoms with Crippen molar-refractivity contribution < 1.29 is 0 Å². The van der Waals surface area contributed by atoms with Crippen LogP contribution in [0.1, 0.15) is 5.69 Å². The molecule has 0 saturated carbocycles. The van der Waals surface area contributed by atoms with Crippen LogP contribution in [0.15, 0.2) is 24.3 Å². The average Bonchev–Trinajstić information content (AvgIpc) is 2.78. The SMILES string of the molecule is Cc1cc(Cl)c2nn(CCCl)c(-c3ccc(Cl)cc3Cl)c2n1. The minimum atomic E-state index is 0.419. The van der Waals surface area contributed by atoms with Gasteiger partial charge >= 0.3 is 0 Å². The lowest BCUT2D eigenvalue weighted by Crippen LogP contribution is -2.03. The van der Waals surface area contributed by atoms with Gasteiger partial charge in [-0.15, -0.1) is 11.6 Å². The Hall–Kier alpha value is -1.00. The van der Waals surface area contributed by atoms with E-state index in [1.807, 2.05) is 13.0 Å². The predicted octanol–water partition coefficient (Wildman–Crippen LogP) is 5.61. The third-order valence-corrected chi connectivity index (χ3v) is 4.26. The first kappa shape index (κ1) is 15.9. The first-order chi connectivity index (χ1) is 10.5. The summed E-state index contributed by atoms with van der Waals surface area (Å²) in [5, 5.41) is 6.19. The summed E-state index contributed by atoms with van der Waals surface area (Å²) >= 11 is 24.5. The quantitative estimate of drug-likeness (QED) is 0.558. The number of hydrogen-bond acceptors (Lipinski definition) is 2. The van der Waals surface area contributed by atoms with Gasteiger partial charge in [-0.3, -0.25) is 4.68 Å². The lowest BCUT2D eigenvalue weighted by atomic mass is 10.1. The summed E-state index contributed by atoms with van der Waals surface area (Å²) in [7, 11) is 0. The molecule has 22 heavy (non-hydrogen) atoms. The molecule has 0 saturated heterocycles. The molecule has 0 amide bonds. The van der Waals surface area contributed by atoms with E-state index in [-0.39, 0.29) is 0 Å². The van der Waals surface area contributed by atoms with Crippen LogP contribution < -0.4 is 0 Å².